The minimum Gasteiger partial charge on any atom is -0.376 e. The van der Waals surface area contributed by atoms with Crippen LogP contribution in [0.25, 0.3) is 0 Å². The van der Waals surface area contributed by atoms with Crippen LogP contribution in [0.1, 0.15) is 28.7 Å². The zero-order chi connectivity index (χ0) is 12.7. The van der Waals surface area contributed by atoms with Crippen LogP contribution in [-0.4, -0.2) is 40.3 Å². The number of hydrogen-bond acceptors (Lipinski definition) is 6. The van der Waals surface area contributed by atoms with Crippen LogP contribution in [0, 0.1) is 5.92 Å². The molecule has 4 unspecified atom stereocenters. The Morgan fingerprint density at radius 1 is 1.67 bits per heavy atom. The lowest BCUT2D eigenvalue weighted by molar-refractivity contribution is -0.0160. The van der Waals surface area contributed by atoms with Gasteiger partial charge in [-0.1, -0.05) is 11.4 Å². The third-order valence-corrected chi connectivity index (χ3v) is 4.61. The molecule has 4 atom stereocenters. The van der Waals surface area contributed by atoms with Crippen molar-refractivity contribution in [1.29, 1.82) is 0 Å². The maximum absolute atomic E-state index is 12.1. The van der Waals surface area contributed by atoms with E-state index in [0.29, 0.717) is 17.2 Å². The highest BCUT2D eigenvalue weighted by Gasteiger charge is 2.52. The predicted octanol–water partition coefficient (Wildman–Crippen LogP) is -0.0551. The molecule has 1 amide bonds. The van der Waals surface area contributed by atoms with E-state index in [1.807, 2.05) is 6.92 Å². The average molecular weight is 268 g/mol. The van der Waals surface area contributed by atoms with Gasteiger partial charge in [0.2, 0.25) is 0 Å². The van der Waals surface area contributed by atoms with Gasteiger partial charge >= 0.3 is 0 Å². The Bertz CT molecular complexity index is 464. The molecule has 1 saturated heterocycles. The molecule has 3 N–H and O–H groups in total. The van der Waals surface area contributed by atoms with Crippen molar-refractivity contribution >= 4 is 17.4 Å². The summed E-state index contributed by atoms with van der Waals surface area (Å²) in [6.45, 7) is 2.70. The number of rotatable bonds is 3. The minimum atomic E-state index is -0.128. The summed E-state index contributed by atoms with van der Waals surface area (Å²) in [6, 6.07) is -0.0655. The summed E-state index contributed by atoms with van der Waals surface area (Å²) in [7, 11) is 0. The third kappa shape index (κ3) is 1.73. The summed E-state index contributed by atoms with van der Waals surface area (Å²) in [5.41, 5.74) is 6.80. The molecular weight excluding hydrogens is 252 g/mol. The van der Waals surface area contributed by atoms with Gasteiger partial charge in [0, 0.05) is 18.6 Å². The van der Waals surface area contributed by atoms with Crippen LogP contribution in [0.15, 0.2) is 0 Å². The molecule has 2 heterocycles. The van der Waals surface area contributed by atoms with E-state index in [2.05, 4.69) is 14.9 Å². The summed E-state index contributed by atoms with van der Waals surface area (Å²) in [4.78, 5) is 12.7. The molecule has 2 fully saturated rings. The van der Waals surface area contributed by atoms with E-state index in [1.165, 1.54) is 0 Å². The van der Waals surface area contributed by atoms with Crippen LogP contribution in [0.3, 0.4) is 0 Å². The Morgan fingerprint density at radius 2 is 2.50 bits per heavy atom. The van der Waals surface area contributed by atoms with E-state index >= 15 is 0 Å². The molecule has 1 saturated carbocycles. The first kappa shape index (κ1) is 12.0. The zero-order valence-electron chi connectivity index (χ0n) is 10.1. The van der Waals surface area contributed by atoms with Crippen LogP contribution in [-0.2, 0) is 11.2 Å². The second kappa shape index (κ2) is 4.56. The van der Waals surface area contributed by atoms with E-state index in [-0.39, 0.29) is 24.1 Å². The summed E-state index contributed by atoms with van der Waals surface area (Å²) in [6.07, 6.45) is 1.80. The molecule has 1 aromatic heterocycles. The summed E-state index contributed by atoms with van der Waals surface area (Å²) >= 11 is 1.13. The first-order valence-corrected chi connectivity index (χ1v) is 6.99. The number of aryl methyl sites for hydroxylation is 1. The van der Waals surface area contributed by atoms with Gasteiger partial charge in [-0.3, -0.25) is 4.79 Å². The number of amides is 1. The van der Waals surface area contributed by atoms with Crippen LogP contribution in [0.2, 0.25) is 0 Å². The van der Waals surface area contributed by atoms with Gasteiger partial charge in [-0.05, 0) is 24.4 Å². The monoisotopic (exact) mass is 268 g/mol. The van der Waals surface area contributed by atoms with Crippen LogP contribution >= 0.6 is 11.5 Å². The van der Waals surface area contributed by atoms with Crippen molar-refractivity contribution in [2.24, 2.45) is 11.7 Å². The Morgan fingerprint density at radius 3 is 3.28 bits per heavy atom. The van der Waals surface area contributed by atoms with Crippen molar-refractivity contribution < 1.29 is 9.53 Å². The maximum atomic E-state index is 12.1. The fourth-order valence-electron chi connectivity index (χ4n) is 2.76. The topological polar surface area (TPSA) is 90.1 Å². The minimum absolute atomic E-state index is 0.00686. The van der Waals surface area contributed by atoms with Crippen molar-refractivity contribution in [2.45, 2.75) is 38.0 Å². The summed E-state index contributed by atoms with van der Waals surface area (Å²) in [5, 5.41) is 6.89. The van der Waals surface area contributed by atoms with Crippen molar-refractivity contribution in [2.75, 3.05) is 6.61 Å². The van der Waals surface area contributed by atoms with Gasteiger partial charge in [-0.15, -0.1) is 5.10 Å². The van der Waals surface area contributed by atoms with Crippen LogP contribution in [0.4, 0.5) is 0 Å². The molecule has 0 bridgehead atoms. The highest BCUT2D eigenvalue weighted by atomic mass is 32.1. The van der Waals surface area contributed by atoms with Crippen LogP contribution < -0.4 is 11.1 Å². The van der Waals surface area contributed by atoms with Gasteiger partial charge in [0.25, 0.3) is 5.91 Å². The number of hydrogen-bond donors (Lipinski definition) is 2. The quantitative estimate of drug-likeness (QED) is 0.802. The van der Waals surface area contributed by atoms with E-state index in [0.717, 1.165) is 30.3 Å². The molecule has 1 aromatic rings. The van der Waals surface area contributed by atoms with E-state index in [9.17, 15) is 4.79 Å². The fourth-order valence-corrected chi connectivity index (χ4v) is 3.41. The van der Waals surface area contributed by atoms with E-state index in [4.69, 9.17) is 10.5 Å². The first-order chi connectivity index (χ1) is 8.72. The Balaban J connectivity index is 1.68. The Labute approximate surface area is 109 Å². The molecule has 0 radical (unpaired) electrons. The average Bonchev–Trinajstić information content (AvgIpc) is 3.01. The molecule has 7 heteroatoms. The number of nitrogens with one attached hydrogen (secondary N) is 1. The van der Waals surface area contributed by atoms with Crippen molar-refractivity contribution in [3.05, 3.63) is 10.6 Å². The largest absolute Gasteiger partial charge is 0.376 e. The van der Waals surface area contributed by atoms with Gasteiger partial charge in [0.1, 0.15) is 4.88 Å². The molecule has 0 spiro atoms. The molecule has 6 nitrogen and oxygen atoms in total. The van der Waals surface area contributed by atoms with Gasteiger partial charge in [0.15, 0.2) is 0 Å². The van der Waals surface area contributed by atoms with Gasteiger partial charge in [-0.25, -0.2) is 0 Å². The number of carbonyl (C=O) groups is 1. The lowest BCUT2D eigenvalue weighted by Crippen LogP contribution is -2.68. The molecular formula is C11H16N4O2S. The second-order valence-electron chi connectivity index (χ2n) is 4.77. The lowest BCUT2D eigenvalue weighted by Gasteiger charge is -2.45. The van der Waals surface area contributed by atoms with Gasteiger partial charge in [0.05, 0.1) is 17.8 Å². The fraction of sp³-hybridized carbons (Fsp3) is 0.727. The number of ether oxygens (including phenoxy) is 1. The standard InChI is InChI=1S/C11H16N4O2S/c1-2-6-10(18-15-14-6)11(16)13-8-7(12)5-3-4-17-9(5)8/h5,7-9H,2-4,12H2,1H3,(H,13,16). The zero-order valence-corrected chi connectivity index (χ0v) is 10.9. The SMILES string of the molecule is CCc1nnsc1C(=O)NC1C(N)C2CCOC21. The number of nitrogens with zero attached hydrogens (tertiary/aromatic N) is 2. The lowest BCUT2D eigenvalue weighted by atomic mass is 9.72. The molecule has 98 valence electrons. The molecule has 18 heavy (non-hydrogen) atoms. The molecule has 3 rings (SSSR count). The summed E-state index contributed by atoms with van der Waals surface area (Å²) in [5.74, 6) is 0.275. The smallest absolute Gasteiger partial charge is 0.265 e. The normalized spacial score (nSPS) is 33.9. The summed E-state index contributed by atoms with van der Waals surface area (Å²) < 4.78 is 9.41. The molecule has 1 aliphatic carbocycles. The Hall–Kier alpha value is -1.05. The first-order valence-electron chi connectivity index (χ1n) is 6.21. The van der Waals surface area contributed by atoms with Gasteiger partial charge < -0.3 is 15.8 Å². The molecule has 0 aromatic carbocycles. The molecule has 2 aliphatic rings. The predicted molar refractivity (Wildman–Crippen MR) is 66.4 cm³/mol. The van der Waals surface area contributed by atoms with Crippen molar-refractivity contribution in [3.8, 4) is 0 Å². The third-order valence-electron chi connectivity index (χ3n) is 3.84. The number of carbonyl (C=O) groups excluding carboxylic acids is 1. The molecule has 1 aliphatic heterocycles. The van der Waals surface area contributed by atoms with Crippen molar-refractivity contribution in [3.63, 3.8) is 0 Å². The van der Waals surface area contributed by atoms with E-state index < -0.39 is 0 Å². The number of aromatic nitrogens is 2. The number of nitrogens with two attached hydrogens (primary N) is 1. The second-order valence-corrected chi connectivity index (χ2v) is 5.52. The van der Waals surface area contributed by atoms with E-state index in [1.54, 1.807) is 0 Å². The number of fused-ring (bicyclic) bond motifs is 1. The van der Waals surface area contributed by atoms with Crippen LogP contribution in [0.5, 0.6) is 0 Å². The maximum Gasteiger partial charge on any atom is 0.265 e. The highest BCUT2D eigenvalue weighted by molar-refractivity contribution is 7.08. The Kier molecular flexibility index (Phi) is 3.04. The van der Waals surface area contributed by atoms with Crippen molar-refractivity contribution in [1.82, 2.24) is 14.9 Å². The highest BCUT2D eigenvalue weighted by Crippen LogP contribution is 2.37. The van der Waals surface area contributed by atoms with Gasteiger partial charge in [-0.2, -0.15) is 0 Å².